The fourth-order valence-corrected chi connectivity index (χ4v) is 2.90. The number of benzene rings is 1. The van der Waals surface area contributed by atoms with Gasteiger partial charge in [0.15, 0.2) is 0 Å². The molecule has 0 spiro atoms. The van der Waals surface area contributed by atoms with Crippen molar-refractivity contribution in [3.8, 4) is 5.75 Å². The fourth-order valence-electron chi connectivity index (χ4n) is 2.90. The number of hydrogen-bond donors (Lipinski definition) is 1. The minimum absolute atomic E-state index is 0.411. The van der Waals surface area contributed by atoms with E-state index in [1.165, 1.54) is 0 Å². The Morgan fingerprint density at radius 2 is 1.74 bits per heavy atom. The first-order chi connectivity index (χ1) is 13.2. The highest BCUT2D eigenvalue weighted by Gasteiger charge is 2.26. The number of ether oxygens (including phenoxy) is 1. The lowest BCUT2D eigenvalue weighted by atomic mass is 10.1. The van der Waals surface area contributed by atoms with Crippen molar-refractivity contribution in [3.05, 3.63) is 48.3 Å². The van der Waals surface area contributed by atoms with E-state index < -0.39 is 11.8 Å². The molecule has 0 aliphatic carbocycles. The third-order valence-corrected chi connectivity index (χ3v) is 4.45. The normalized spacial score (nSPS) is 14.0. The molecule has 8 heteroatoms. The van der Waals surface area contributed by atoms with Crippen LogP contribution in [0.4, 0.5) is 5.95 Å². The number of anilines is 1. The molecular weight excluding hydrogens is 346 g/mol. The minimum Gasteiger partial charge on any atom is -0.497 e. The predicted octanol–water partition coefficient (Wildman–Crippen LogP) is 0.493. The van der Waals surface area contributed by atoms with Crippen molar-refractivity contribution in [2.45, 2.75) is 6.42 Å². The van der Waals surface area contributed by atoms with Crippen molar-refractivity contribution in [2.75, 3.05) is 44.7 Å². The molecule has 1 aliphatic rings. The van der Waals surface area contributed by atoms with Crippen molar-refractivity contribution in [3.63, 3.8) is 0 Å². The van der Waals surface area contributed by atoms with Crippen LogP contribution in [-0.2, 0) is 16.0 Å². The Morgan fingerprint density at radius 3 is 2.37 bits per heavy atom. The first-order valence-corrected chi connectivity index (χ1v) is 8.89. The molecule has 3 rings (SSSR count). The molecule has 0 bridgehead atoms. The average Bonchev–Trinajstić information content (AvgIpc) is 2.74. The molecule has 27 heavy (non-hydrogen) atoms. The molecule has 1 fully saturated rings. The van der Waals surface area contributed by atoms with E-state index in [2.05, 4.69) is 15.3 Å². The lowest BCUT2D eigenvalue weighted by Crippen LogP contribution is -2.53. The van der Waals surface area contributed by atoms with E-state index in [1.807, 2.05) is 29.2 Å². The molecule has 1 N–H and O–H groups in total. The van der Waals surface area contributed by atoms with Gasteiger partial charge in [0, 0.05) is 45.1 Å². The zero-order valence-electron chi connectivity index (χ0n) is 15.3. The lowest BCUT2D eigenvalue weighted by molar-refractivity contribution is -0.146. The summed E-state index contributed by atoms with van der Waals surface area (Å²) in [6.07, 6.45) is 4.04. The molecule has 0 atom stereocenters. The van der Waals surface area contributed by atoms with Crippen LogP contribution in [0.15, 0.2) is 42.7 Å². The summed E-state index contributed by atoms with van der Waals surface area (Å²) in [5, 5.41) is 2.70. The van der Waals surface area contributed by atoms with Gasteiger partial charge < -0.3 is 19.9 Å². The summed E-state index contributed by atoms with van der Waals surface area (Å²) in [6, 6.07) is 9.39. The Balaban J connectivity index is 1.42. The lowest BCUT2D eigenvalue weighted by Gasteiger charge is -2.34. The summed E-state index contributed by atoms with van der Waals surface area (Å²) in [7, 11) is 1.62. The van der Waals surface area contributed by atoms with Crippen molar-refractivity contribution < 1.29 is 14.3 Å². The maximum atomic E-state index is 12.3. The van der Waals surface area contributed by atoms with Crippen LogP contribution in [0, 0.1) is 0 Å². The first-order valence-electron chi connectivity index (χ1n) is 8.89. The van der Waals surface area contributed by atoms with Crippen LogP contribution in [0.3, 0.4) is 0 Å². The van der Waals surface area contributed by atoms with E-state index in [0.29, 0.717) is 45.1 Å². The predicted molar refractivity (Wildman–Crippen MR) is 101 cm³/mol. The molecule has 0 saturated carbocycles. The molecule has 2 amide bonds. The van der Waals surface area contributed by atoms with Crippen LogP contribution >= 0.6 is 0 Å². The summed E-state index contributed by atoms with van der Waals surface area (Å²) in [4.78, 5) is 36.4. The SMILES string of the molecule is COc1ccc(CCNC(=O)C(=O)N2CCN(c3ncccn3)CC2)cc1. The van der Waals surface area contributed by atoms with Crippen molar-refractivity contribution in [2.24, 2.45) is 0 Å². The van der Waals surface area contributed by atoms with Crippen molar-refractivity contribution in [1.29, 1.82) is 0 Å². The molecule has 1 aromatic heterocycles. The van der Waals surface area contributed by atoms with Crippen LogP contribution in [-0.4, -0.2) is 66.5 Å². The van der Waals surface area contributed by atoms with Crippen LogP contribution in [0.1, 0.15) is 5.56 Å². The molecule has 8 nitrogen and oxygen atoms in total. The average molecular weight is 369 g/mol. The molecule has 1 saturated heterocycles. The molecular formula is C19H23N5O3. The second kappa shape index (κ2) is 8.98. The van der Waals surface area contributed by atoms with Gasteiger partial charge in [-0.25, -0.2) is 9.97 Å². The van der Waals surface area contributed by atoms with E-state index in [0.717, 1.165) is 11.3 Å². The van der Waals surface area contributed by atoms with Gasteiger partial charge in [-0.1, -0.05) is 12.1 Å². The van der Waals surface area contributed by atoms with Gasteiger partial charge in [-0.2, -0.15) is 0 Å². The molecule has 2 heterocycles. The van der Waals surface area contributed by atoms with Crippen LogP contribution in [0.25, 0.3) is 0 Å². The van der Waals surface area contributed by atoms with E-state index in [1.54, 1.807) is 30.5 Å². The summed E-state index contributed by atoms with van der Waals surface area (Å²) in [6.45, 7) is 2.57. The number of nitrogens with zero attached hydrogens (tertiary/aromatic N) is 4. The van der Waals surface area contributed by atoms with Gasteiger partial charge in [-0.3, -0.25) is 9.59 Å². The van der Waals surface area contributed by atoms with Crippen molar-refractivity contribution >= 4 is 17.8 Å². The standard InChI is InChI=1S/C19H23N5O3/c1-27-16-5-3-15(4-6-16)7-10-20-17(25)18(26)23-11-13-24(14-12-23)19-21-8-2-9-22-19/h2-6,8-9H,7,10-14H2,1H3,(H,20,25). The van der Waals surface area contributed by atoms with Gasteiger partial charge in [0.25, 0.3) is 0 Å². The Morgan fingerprint density at radius 1 is 1.07 bits per heavy atom. The molecule has 0 radical (unpaired) electrons. The summed E-state index contributed by atoms with van der Waals surface area (Å²) in [5.74, 6) is 0.387. The highest BCUT2D eigenvalue weighted by atomic mass is 16.5. The summed E-state index contributed by atoms with van der Waals surface area (Å²) >= 11 is 0. The number of piperazine rings is 1. The van der Waals surface area contributed by atoms with E-state index in [4.69, 9.17) is 4.74 Å². The van der Waals surface area contributed by atoms with Gasteiger partial charge in [-0.05, 0) is 30.2 Å². The Hall–Kier alpha value is -3.16. The Labute approximate surface area is 158 Å². The minimum atomic E-state index is -0.562. The fraction of sp³-hybridized carbons (Fsp3) is 0.368. The largest absolute Gasteiger partial charge is 0.497 e. The summed E-state index contributed by atoms with van der Waals surface area (Å²) in [5.41, 5.74) is 1.07. The number of carbonyl (C=O) groups is 2. The highest BCUT2D eigenvalue weighted by Crippen LogP contribution is 2.12. The third kappa shape index (κ3) is 4.93. The molecule has 1 aliphatic heterocycles. The zero-order chi connectivity index (χ0) is 19.1. The van der Waals surface area contributed by atoms with E-state index >= 15 is 0 Å². The maximum absolute atomic E-state index is 12.3. The quantitative estimate of drug-likeness (QED) is 0.772. The number of carbonyl (C=O) groups excluding carboxylic acids is 2. The molecule has 142 valence electrons. The van der Waals surface area contributed by atoms with Gasteiger partial charge in [0.1, 0.15) is 5.75 Å². The number of nitrogens with one attached hydrogen (secondary N) is 1. The van der Waals surface area contributed by atoms with Crippen LogP contribution in [0.2, 0.25) is 0 Å². The van der Waals surface area contributed by atoms with Crippen molar-refractivity contribution in [1.82, 2.24) is 20.2 Å². The first kappa shape index (κ1) is 18.6. The molecule has 1 aromatic carbocycles. The van der Waals surface area contributed by atoms with E-state index in [-0.39, 0.29) is 0 Å². The zero-order valence-corrected chi connectivity index (χ0v) is 15.3. The number of aromatic nitrogens is 2. The smallest absolute Gasteiger partial charge is 0.312 e. The monoisotopic (exact) mass is 369 g/mol. The second-order valence-electron chi connectivity index (χ2n) is 6.18. The van der Waals surface area contributed by atoms with E-state index in [9.17, 15) is 9.59 Å². The number of amides is 2. The summed E-state index contributed by atoms with van der Waals surface area (Å²) < 4.78 is 5.12. The molecule has 2 aromatic rings. The van der Waals surface area contributed by atoms with Gasteiger partial charge in [0.2, 0.25) is 5.95 Å². The van der Waals surface area contributed by atoms with Gasteiger partial charge in [0.05, 0.1) is 7.11 Å². The number of rotatable bonds is 5. The Kier molecular flexibility index (Phi) is 6.19. The molecule has 0 unspecified atom stereocenters. The van der Waals surface area contributed by atoms with Crippen LogP contribution in [0.5, 0.6) is 5.75 Å². The second-order valence-corrected chi connectivity index (χ2v) is 6.18. The number of hydrogen-bond acceptors (Lipinski definition) is 6. The van der Waals surface area contributed by atoms with Crippen LogP contribution < -0.4 is 15.0 Å². The van der Waals surface area contributed by atoms with Gasteiger partial charge in [-0.15, -0.1) is 0 Å². The third-order valence-electron chi connectivity index (χ3n) is 4.45. The maximum Gasteiger partial charge on any atom is 0.312 e. The topological polar surface area (TPSA) is 87.7 Å². The Bertz CT molecular complexity index is 759. The number of methoxy groups -OCH3 is 1. The highest BCUT2D eigenvalue weighted by molar-refractivity contribution is 6.35. The van der Waals surface area contributed by atoms with Gasteiger partial charge >= 0.3 is 11.8 Å².